The van der Waals surface area contributed by atoms with Crippen molar-refractivity contribution in [2.45, 2.75) is 6.54 Å². The van der Waals surface area contributed by atoms with Crippen molar-refractivity contribution < 1.29 is 14.4 Å². The van der Waals surface area contributed by atoms with Gasteiger partial charge in [0.1, 0.15) is 5.76 Å². The highest BCUT2D eigenvalue weighted by Gasteiger charge is 2.04. The number of furan rings is 1. The molecule has 1 aromatic carbocycles. The number of nitrogens with one attached hydrogen (secondary N) is 3. The second-order valence-corrected chi connectivity index (χ2v) is 3.58. The van der Waals surface area contributed by atoms with Gasteiger partial charge in [0.05, 0.1) is 18.5 Å². The number of hydrazine groups is 1. The van der Waals surface area contributed by atoms with Gasteiger partial charge >= 0.3 is 0 Å². The summed E-state index contributed by atoms with van der Waals surface area (Å²) in [4.78, 5) is 11.7. The van der Waals surface area contributed by atoms with E-state index in [9.17, 15) is 4.79 Å². The fourth-order valence-corrected chi connectivity index (χ4v) is 1.39. The molecule has 0 atom stereocenters. The van der Waals surface area contributed by atoms with E-state index in [0.29, 0.717) is 17.8 Å². The van der Waals surface area contributed by atoms with Crippen molar-refractivity contribution in [3.05, 3.63) is 54.0 Å². The first kappa shape index (κ1) is 12.2. The van der Waals surface area contributed by atoms with Crippen LogP contribution in [0.25, 0.3) is 0 Å². The lowest BCUT2D eigenvalue weighted by atomic mass is 10.2. The molecule has 1 amide bonds. The number of rotatable bonds is 5. The van der Waals surface area contributed by atoms with Gasteiger partial charge in [0.15, 0.2) is 0 Å². The second-order valence-electron chi connectivity index (χ2n) is 3.58. The minimum absolute atomic E-state index is 0.258. The van der Waals surface area contributed by atoms with Crippen molar-refractivity contribution in [3.63, 3.8) is 0 Å². The predicted octanol–water partition coefficient (Wildman–Crippen LogP) is 1.52. The Morgan fingerprint density at radius 2 is 2.00 bits per heavy atom. The number of carbonyl (C=O) groups is 1. The molecule has 6 heteroatoms. The summed E-state index contributed by atoms with van der Waals surface area (Å²) in [6.45, 7) is 0.412. The van der Waals surface area contributed by atoms with Crippen LogP contribution in [0.4, 0.5) is 5.69 Å². The van der Waals surface area contributed by atoms with E-state index >= 15 is 0 Å². The molecule has 4 N–H and O–H groups in total. The van der Waals surface area contributed by atoms with Gasteiger partial charge in [-0.3, -0.25) is 20.9 Å². The third-order valence-electron chi connectivity index (χ3n) is 2.32. The van der Waals surface area contributed by atoms with Crippen LogP contribution in [0, 0.1) is 0 Å². The first-order valence-corrected chi connectivity index (χ1v) is 5.35. The van der Waals surface area contributed by atoms with Gasteiger partial charge in [0.2, 0.25) is 0 Å². The summed E-state index contributed by atoms with van der Waals surface area (Å²) in [5, 5.41) is 8.64. The maximum Gasteiger partial charge on any atom is 0.265 e. The summed E-state index contributed by atoms with van der Waals surface area (Å²) in [5.41, 5.74) is 8.30. The molecule has 1 heterocycles. The van der Waals surface area contributed by atoms with E-state index in [1.54, 1.807) is 42.7 Å². The first-order valence-electron chi connectivity index (χ1n) is 5.35. The van der Waals surface area contributed by atoms with Crippen molar-refractivity contribution in [1.82, 2.24) is 10.9 Å². The average Bonchev–Trinajstić information content (AvgIpc) is 2.92. The Morgan fingerprint density at radius 1 is 1.22 bits per heavy atom. The Hall–Kier alpha value is -2.31. The first-order chi connectivity index (χ1) is 8.79. The monoisotopic (exact) mass is 247 g/mol. The Bertz CT molecular complexity index is 494. The van der Waals surface area contributed by atoms with Crippen LogP contribution in [0.3, 0.4) is 0 Å². The Kier molecular flexibility index (Phi) is 3.95. The maximum atomic E-state index is 11.7. The number of hydrogen-bond donors (Lipinski definition) is 4. The molecular weight excluding hydrogens is 234 g/mol. The van der Waals surface area contributed by atoms with Crippen molar-refractivity contribution in [3.8, 4) is 0 Å². The van der Waals surface area contributed by atoms with Gasteiger partial charge in [-0.25, -0.2) is 5.43 Å². The van der Waals surface area contributed by atoms with Crippen LogP contribution in [0.5, 0.6) is 0 Å². The molecule has 0 fully saturated rings. The SMILES string of the molecule is O=C(NNCc1ccco1)c1ccc(NO)cc1. The van der Waals surface area contributed by atoms with E-state index in [-0.39, 0.29) is 5.91 Å². The molecule has 0 bridgehead atoms. The standard InChI is InChI=1S/C12H13N3O3/c16-12(9-3-5-10(15-17)6-4-9)14-13-8-11-2-1-7-18-11/h1-7,13,15,17H,8H2,(H,14,16). The van der Waals surface area contributed by atoms with Crippen LogP contribution in [-0.4, -0.2) is 11.1 Å². The van der Waals surface area contributed by atoms with Gasteiger partial charge in [0, 0.05) is 5.56 Å². The molecule has 6 nitrogen and oxygen atoms in total. The Balaban J connectivity index is 1.83. The molecular formula is C12H13N3O3. The predicted molar refractivity (Wildman–Crippen MR) is 64.9 cm³/mol. The van der Waals surface area contributed by atoms with Crippen LogP contribution in [-0.2, 0) is 6.54 Å². The quantitative estimate of drug-likeness (QED) is 0.602. The number of hydrogen-bond acceptors (Lipinski definition) is 5. The lowest BCUT2D eigenvalue weighted by Gasteiger charge is -2.06. The van der Waals surface area contributed by atoms with Crippen molar-refractivity contribution >= 4 is 11.6 Å². The summed E-state index contributed by atoms with van der Waals surface area (Å²) in [7, 11) is 0. The van der Waals surface area contributed by atoms with Gasteiger partial charge in [-0.2, -0.15) is 0 Å². The third kappa shape index (κ3) is 3.09. The number of benzene rings is 1. The number of amides is 1. The minimum atomic E-state index is -0.258. The average molecular weight is 247 g/mol. The van der Waals surface area contributed by atoms with Gasteiger partial charge in [-0.15, -0.1) is 0 Å². The summed E-state index contributed by atoms with van der Waals surface area (Å²) in [6.07, 6.45) is 1.57. The zero-order valence-corrected chi connectivity index (χ0v) is 9.51. The molecule has 0 spiro atoms. The van der Waals surface area contributed by atoms with Crippen LogP contribution in [0.15, 0.2) is 47.1 Å². The highest BCUT2D eigenvalue weighted by atomic mass is 16.5. The summed E-state index contributed by atoms with van der Waals surface area (Å²) >= 11 is 0. The van der Waals surface area contributed by atoms with E-state index in [2.05, 4.69) is 10.9 Å². The zero-order valence-electron chi connectivity index (χ0n) is 9.51. The van der Waals surface area contributed by atoms with E-state index in [1.165, 1.54) is 0 Å². The lowest BCUT2D eigenvalue weighted by molar-refractivity contribution is 0.0931. The molecule has 18 heavy (non-hydrogen) atoms. The highest BCUT2D eigenvalue weighted by Crippen LogP contribution is 2.08. The molecule has 0 aliphatic heterocycles. The molecule has 0 radical (unpaired) electrons. The number of anilines is 1. The van der Waals surface area contributed by atoms with E-state index in [4.69, 9.17) is 9.62 Å². The topological polar surface area (TPSA) is 86.5 Å². The van der Waals surface area contributed by atoms with Crippen LogP contribution >= 0.6 is 0 Å². The molecule has 0 aliphatic rings. The normalized spacial score (nSPS) is 10.1. The van der Waals surface area contributed by atoms with Gasteiger partial charge in [0.25, 0.3) is 5.91 Å². The van der Waals surface area contributed by atoms with E-state index in [1.807, 2.05) is 5.48 Å². The second kappa shape index (κ2) is 5.85. The fraction of sp³-hybridized carbons (Fsp3) is 0.0833. The Morgan fingerprint density at radius 3 is 2.61 bits per heavy atom. The summed E-state index contributed by atoms with van der Waals surface area (Å²) < 4.78 is 5.10. The maximum absolute atomic E-state index is 11.7. The van der Waals surface area contributed by atoms with Crippen LogP contribution in [0.1, 0.15) is 16.1 Å². The molecule has 2 aromatic rings. The van der Waals surface area contributed by atoms with E-state index in [0.717, 1.165) is 5.76 Å². The zero-order chi connectivity index (χ0) is 12.8. The summed E-state index contributed by atoms with van der Waals surface area (Å²) in [6, 6.07) is 9.98. The molecule has 0 unspecified atom stereocenters. The van der Waals surface area contributed by atoms with E-state index < -0.39 is 0 Å². The summed E-state index contributed by atoms with van der Waals surface area (Å²) in [5.74, 6) is 0.473. The molecule has 94 valence electrons. The Labute approximate surface area is 104 Å². The molecule has 0 saturated heterocycles. The van der Waals surface area contributed by atoms with Crippen molar-refractivity contribution in [2.75, 3.05) is 5.48 Å². The van der Waals surface area contributed by atoms with Crippen molar-refractivity contribution in [1.29, 1.82) is 0 Å². The van der Waals surface area contributed by atoms with Crippen molar-refractivity contribution in [2.24, 2.45) is 0 Å². The van der Waals surface area contributed by atoms with Crippen LogP contribution in [0.2, 0.25) is 0 Å². The lowest BCUT2D eigenvalue weighted by Crippen LogP contribution is -2.36. The largest absolute Gasteiger partial charge is 0.468 e. The third-order valence-corrected chi connectivity index (χ3v) is 2.32. The molecule has 0 saturated carbocycles. The minimum Gasteiger partial charge on any atom is -0.468 e. The number of carbonyl (C=O) groups excluding carboxylic acids is 1. The van der Waals surface area contributed by atoms with Crippen LogP contribution < -0.4 is 16.3 Å². The molecule has 2 rings (SSSR count). The molecule has 0 aliphatic carbocycles. The van der Waals surface area contributed by atoms with Gasteiger partial charge in [-0.05, 0) is 36.4 Å². The fourth-order valence-electron chi connectivity index (χ4n) is 1.39. The highest BCUT2D eigenvalue weighted by molar-refractivity contribution is 5.94. The smallest absolute Gasteiger partial charge is 0.265 e. The van der Waals surface area contributed by atoms with Gasteiger partial charge in [-0.1, -0.05) is 0 Å². The van der Waals surface area contributed by atoms with Gasteiger partial charge < -0.3 is 4.42 Å². The molecule has 1 aromatic heterocycles.